The molecule has 0 aliphatic heterocycles. The van der Waals surface area contributed by atoms with E-state index in [9.17, 15) is 18.7 Å². The first-order valence-electron chi connectivity index (χ1n) is 5.58. The summed E-state index contributed by atoms with van der Waals surface area (Å²) in [6.45, 7) is 0. The number of carbonyl (C=O) groups excluding carboxylic acids is 1. The van der Waals surface area contributed by atoms with Gasteiger partial charge in [-0.3, -0.25) is 4.79 Å². The number of hydrogen-bond donors (Lipinski definition) is 2. The van der Waals surface area contributed by atoms with Crippen molar-refractivity contribution in [1.82, 2.24) is 0 Å². The van der Waals surface area contributed by atoms with Crippen LogP contribution < -0.4 is 5.32 Å². The number of nitrogens with one attached hydrogen (secondary N) is 1. The Morgan fingerprint density at radius 2 is 1.89 bits per heavy atom. The standard InChI is InChI=1S/C14H11F2NO2/c15-10-4-1-3-9(7-10)8-13(19)17-14-11(16)5-2-6-12(14)18/h1-7,18H,8H2,(H,17,19). The van der Waals surface area contributed by atoms with E-state index >= 15 is 0 Å². The number of rotatable bonds is 3. The summed E-state index contributed by atoms with van der Waals surface area (Å²) in [6, 6.07) is 9.28. The van der Waals surface area contributed by atoms with Crippen LogP contribution in [0.25, 0.3) is 0 Å². The molecule has 0 saturated heterocycles. The molecule has 0 aliphatic carbocycles. The zero-order chi connectivity index (χ0) is 13.8. The average Bonchev–Trinajstić information content (AvgIpc) is 2.34. The predicted molar refractivity (Wildman–Crippen MR) is 66.8 cm³/mol. The van der Waals surface area contributed by atoms with Crippen LogP contribution in [0.2, 0.25) is 0 Å². The van der Waals surface area contributed by atoms with E-state index in [-0.39, 0.29) is 17.9 Å². The largest absolute Gasteiger partial charge is 0.506 e. The summed E-state index contributed by atoms with van der Waals surface area (Å²) in [5.74, 6) is -2.06. The van der Waals surface area contributed by atoms with Gasteiger partial charge in [0.2, 0.25) is 5.91 Å². The smallest absolute Gasteiger partial charge is 0.228 e. The number of benzene rings is 2. The van der Waals surface area contributed by atoms with Crippen molar-refractivity contribution in [2.45, 2.75) is 6.42 Å². The zero-order valence-corrected chi connectivity index (χ0v) is 9.86. The Labute approximate surface area is 108 Å². The Balaban J connectivity index is 2.10. The summed E-state index contributed by atoms with van der Waals surface area (Å²) in [4.78, 5) is 11.7. The van der Waals surface area contributed by atoms with Crippen LogP contribution in [-0.2, 0) is 11.2 Å². The molecule has 0 bridgehead atoms. The maximum atomic E-state index is 13.4. The lowest BCUT2D eigenvalue weighted by Crippen LogP contribution is -2.15. The number of anilines is 1. The molecule has 1 amide bonds. The normalized spacial score (nSPS) is 10.2. The van der Waals surface area contributed by atoms with Crippen molar-refractivity contribution < 1.29 is 18.7 Å². The Hall–Kier alpha value is -2.43. The van der Waals surface area contributed by atoms with Crippen molar-refractivity contribution in [3.63, 3.8) is 0 Å². The molecular formula is C14H11F2NO2. The maximum Gasteiger partial charge on any atom is 0.228 e. The first-order valence-corrected chi connectivity index (χ1v) is 5.58. The number of phenolic OH excluding ortho intramolecular Hbond substituents is 1. The maximum absolute atomic E-state index is 13.4. The van der Waals surface area contributed by atoms with Crippen LogP contribution in [0.5, 0.6) is 5.75 Å². The number of halogens is 2. The van der Waals surface area contributed by atoms with E-state index in [4.69, 9.17) is 0 Å². The summed E-state index contributed by atoms with van der Waals surface area (Å²) in [5, 5.41) is 11.7. The molecule has 0 saturated carbocycles. The SMILES string of the molecule is O=C(Cc1cccc(F)c1)Nc1c(O)cccc1F. The minimum Gasteiger partial charge on any atom is -0.506 e. The topological polar surface area (TPSA) is 49.3 Å². The monoisotopic (exact) mass is 263 g/mol. The molecule has 0 fully saturated rings. The van der Waals surface area contributed by atoms with Gasteiger partial charge in [0, 0.05) is 0 Å². The van der Waals surface area contributed by atoms with Crippen LogP contribution in [0.15, 0.2) is 42.5 Å². The summed E-state index contributed by atoms with van der Waals surface area (Å²) in [6.07, 6.45) is -0.106. The van der Waals surface area contributed by atoms with E-state index in [1.54, 1.807) is 6.07 Å². The molecule has 2 aromatic carbocycles. The molecule has 0 radical (unpaired) electrons. The van der Waals surface area contributed by atoms with Gasteiger partial charge in [-0.05, 0) is 29.8 Å². The molecular weight excluding hydrogens is 252 g/mol. The third kappa shape index (κ3) is 3.28. The summed E-state index contributed by atoms with van der Waals surface area (Å²) in [7, 11) is 0. The van der Waals surface area contributed by atoms with Gasteiger partial charge in [0.25, 0.3) is 0 Å². The van der Waals surface area contributed by atoms with Crippen LogP contribution in [0.1, 0.15) is 5.56 Å². The second-order valence-electron chi connectivity index (χ2n) is 3.99. The van der Waals surface area contributed by atoms with Crippen molar-refractivity contribution >= 4 is 11.6 Å². The van der Waals surface area contributed by atoms with Crippen molar-refractivity contribution in [3.05, 3.63) is 59.7 Å². The molecule has 0 atom stereocenters. The molecule has 3 nitrogen and oxygen atoms in total. The van der Waals surface area contributed by atoms with Gasteiger partial charge in [0.05, 0.1) is 6.42 Å². The third-order valence-electron chi connectivity index (χ3n) is 2.51. The Kier molecular flexibility index (Phi) is 3.75. The molecule has 2 rings (SSSR count). The third-order valence-corrected chi connectivity index (χ3v) is 2.51. The second kappa shape index (κ2) is 5.48. The minimum atomic E-state index is -0.729. The highest BCUT2D eigenvalue weighted by Gasteiger charge is 2.11. The van der Waals surface area contributed by atoms with Crippen molar-refractivity contribution in [2.24, 2.45) is 0 Å². The summed E-state index contributed by atoms with van der Waals surface area (Å²) >= 11 is 0. The van der Waals surface area contributed by atoms with E-state index in [2.05, 4.69) is 5.32 Å². The van der Waals surface area contributed by atoms with Gasteiger partial charge in [-0.25, -0.2) is 8.78 Å². The van der Waals surface area contributed by atoms with Crippen LogP contribution in [0.3, 0.4) is 0 Å². The Morgan fingerprint density at radius 1 is 1.16 bits per heavy atom. The average molecular weight is 263 g/mol. The number of hydrogen-bond acceptors (Lipinski definition) is 2. The molecule has 0 aromatic heterocycles. The highest BCUT2D eigenvalue weighted by molar-refractivity contribution is 5.93. The van der Waals surface area contributed by atoms with Crippen LogP contribution in [0, 0.1) is 11.6 Å². The van der Waals surface area contributed by atoms with Gasteiger partial charge in [0.15, 0.2) is 5.82 Å². The number of amides is 1. The van der Waals surface area contributed by atoms with E-state index in [0.717, 1.165) is 6.07 Å². The fourth-order valence-electron chi connectivity index (χ4n) is 1.65. The van der Waals surface area contributed by atoms with Gasteiger partial charge in [0.1, 0.15) is 17.3 Å². The molecule has 98 valence electrons. The molecule has 0 aliphatic rings. The van der Waals surface area contributed by atoms with Crippen LogP contribution in [0.4, 0.5) is 14.5 Å². The van der Waals surface area contributed by atoms with E-state index < -0.39 is 17.5 Å². The first-order chi connectivity index (χ1) is 9.06. The fourth-order valence-corrected chi connectivity index (χ4v) is 1.65. The van der Waals surface area contributed by atoms with Gasteiger partial charge in [-0.2, -0.15) is 0 Å². The Bertz CT molecular complexity index is 594. The first kappa shape index (κ1) is 13.0. The lowest BCUT2D eigenvalue weighted by Gasteiger charge is -2.08. The van der Waals surface area contributed by atoms with Gasteiger partial charge < -0.3 is 10.4 Å². The lowest BCUT2D eigenvalue weighted by atomic mass is 10.1. The minimum absolute atomic E-state index is 0.106. The predicted octanol–water partition coefficient (Wildman–Crippen LogP) is 2.85. The second-order valence-corrected chi connectivity index (χ2v) is 3.99. The van der Waals surface area contributed by atoms with Crippen LogP contribution in [-0.4, -0.2) is 11.0 Å². The highest BCUT2D eigenvalue weighted by Crippen LogP contribution is 2.25. The van der Waals surface area contributed by atoms with Gasteiger partial charge >= 0.3 is 0 Å². The van der Waals surface area contributed by atoms with E-state index in [1.807, 2.05) is 0 Å². The van der Waals surface area contributed by atoms with E-state index in [0.29, 0.717) is 5.56 Å². The lowest BCUT2D eigenvalue weighted by molar-refractivity contribution is -0.115. The molecule has 5 heteroatoms. The Morgan fingerprint density at radius 3 is 2.58 bits per heavy atom. The molecule has 19 heavy (non-hydrogen) atoms. The number of carbonyl (C=O) groups is 1. The van der Waals surface area contributed by atoms with Gasteiger partial charge in [-0.15, -0.1) is 0 Å². The fraction of sp³-hybridized carbons (Fsp3) is 0.0714. The highest BCUT2D eigenvalue weighted by atomic mass is 19.1. The summed E-state index contributed by atoms with van der Waals surface area (Å²) < 4.78 is 26.3. The molecule has 2 aromatic rings. The molecule has 0 heterocycles. The number of phenols is 1. The van der Waals surface area contributed by atoms with Crippen LogP contribution >= 0.6 is 0 Å². The zero-order valence-electron chi connectivity index (χ0n) is 9.86. The van der Waals surface area contributed by atoms with Crippen molar-refractivity contribution in [1.29, 1.82) is 0 Å². The molecule has 0 spiro atoms. The van der Waals surface area contributed by atoms with Crippen molar-refractivity contribution in [2.75, 3.05) is 5.32 Å². The molecule has 2 N–H and O–H groups in total. The van der Waals surface area contributed by atoms with E-state index in [1.165, 1.54) is 30.3 Å². The molecule has 0 unspecified atom stereocenters. The number of para-hydroxylation sites is 1. The summed E-state index contributed by atoms with van der Waals surface area (Å²) in [5.41, 5.74) is 0.192. The van der Waals surface area contributed by atoms with Gasteiger partial charge in [-0.1, -0.05) is 18.2 Å². The van der Waals surface area contributed by atoms with Crippen molar-refractivity contribution in [3.8, 4) is 5.75 Å². The quantitative estimate of drug-likeness (QED) is 0.836. The number of aromatic hydroxyl groups is 1.